The number of anilines is 2. The van der Waals surface area contributed by atoms with Crippen LogP contribution in [0.5, 0.6) is 5.88 Å². The maximum Gasteiger partial charge on any atom is 0.251 e. The second-order valence-corrected chi connectivity index (χ2v) is 11.3. The Kier molecular flexibility index (Phi) is 8.16. The number of imidazole rings is 1. The Bertz CT molecular complexity index is 2420. The lowest BCUT2D eigenvalue weighted by Gasteiger charge is -2.18. The minimum absolute atomic E-state index is 0.0715. The fraction of sp³-hybridized carbons (Fsp3) is 0.111. The van der Waals surface area contributed by atoms with Crippen LogP contribution in [0.4, 0.5) is 11.6 Å². The van der Waals surface area contributed by atoms with Crippen LogP contribution >= 0.6 is 0 Å². The fourth-order valence-corrected chi connectivity index (χ4v) is 5.66. The van der Waals surface area contributed by atoms with Gasteiger partial charge in [-0.2, -0.15) is 9.97 Å². The second kappa shape index (κ2) is 12.9. The number of amides is 2. The largest absolute Gasteiger partial charge is 0.471 e. The zero-order valence-electron chi connectivity index (χ0n) is 26.2. The number of aliphatic hydroxyl groups excluding tert-OH is 1. The van der Waals surface area contributed by atoms with Gasteiger partial charge in [-0.1, -0.05) is 30.3 Å². The quantitative estimate of drug-likeness (QED) is 0.115. The summed E-state index contributed by atoms with van der Waals surface area (Å²) in [6.45, 7) is 1.61. The van der Waals surface area contributed by atoms with Crippen LogP contribution in [0, 0.1) is 0 Å². The van der Waals surface area contributed by atoms with Crippen molar-refractivity contribution in [3.63, 3.8) is 0 Å². The summed E-state index contributed by atoms with van der Waals surface area (Å²) in [6, 6.07) is 23.4. The van der Waals surface area contributed by atoms with E-state index in [0.29, 0.717) is 50.6 Å². The molecule has 0 atom stereocenters. The van der Waals surface area contributed by atoms with E-state index in [0.717, 1.165) is 33.2 Å². The van der Waals surface area contributed by atoms with E-state index in [9.17, 15) is 14.7 Å². The number of hydrogen-bond acceptors (Lipinski definition) is 10. The van der Waals surface area contributed by atoms with Crippen molar-refractivity contribution < 1.29 is 23.8 Å². The van der Waals surface area contributed by atoms with Crippen molar-refractivity contribution in [2.24, 2.45) is 4.99 Å². The molecule has 7 rings (SSSR count). The highest BCUT2D eigenvalue weighted by molar-refractivity contribution is 6.04. The molecule has 49 heavy (non-hydrogen) atoms. The molecule has 3 aromatic carbocycles. The van der Waals surface area contributed by atoms with E-state index in [1.165, 1.54) is 13.3 Å². The lowest BCUT2D eigenvalue weighted by Crippen LogP contribution is -2.23. The third-order valence-corrected chi connectivity index (χ3v) is 7.94. The summed E-state index contributed by atoms with van der Waals surface area (Å²) in [5, 5.41) is 14.6. The Morgan fingerprint density at radius 1 is 0.959 bits per heavy atom. The summed E-state index contributed by atoms with van der Waals surface area (Å²) >= 11 is 0. The Balaban J connectivity index is 1.10. The average Bonchev–Trinajstić information content (AvgIpc) is 3.57. The number of rotatable bonds is 8. The first kappa shape index (κ1) is 31.0. The van der Waals surface area contributed by atoms with Crippen LogP contribution in [0.25, 0.3) is 44.6 Å². The van der Waals surface area contributed by atoms with E-state index in [2.05, 4.69) is 30.2 Å². The van der Waals surface area contributed by atoms with Gasteiger partial charge in [0.25, 0.3) is 5.91 Å². The molecule has 5 aromatic rings. The van der Waals surface area contributed by atoms with Crippen molar-refractivity contribution in [3.05, 3.63) is 113 Å². The van der Waals surface area contributed by atoms with E-state index in [4.69, 9.17) is 20.6 Å². The first-order valence-corrected chi connectivity index (χ1v) is 15.3. The predicted octanol–water partition coefficient (Wildman–Crippen LogP) is 4.48. The van der Waals surface area contributed by atoms with E-state index >= 15 is 0 Å². The number of hydrogen-bond donors (Lipinski definition) is 5. The Morgan fingerprint density at radius 3 is 2.55 bits per heavy atom. The Morgan fingerprint density at radius 2 is 1.76 bits per heavy atom. The molecule has 1 aliphatic carbocycles. The minimum atomic E-state index is -0.328. The lowest BCUT2D eigenvalue weighted by molar-refractivity contribution is -0.116. The number of carbonyl (C=O) groups excluding carboxylic acids is 2. The Hall–Kier alpha value is -6.60. The number of nitrogens with two attached hydrogens (primary N) is 2. The zero-order valence-corrected chi connectivity index (χ0v) is 26.2. The number of fused-ring (bicyclic) bond motifs is 3. The molecule has 2 aliphatic rings. The third kappa shape index (κ3) is 6.38. The first-order chi connectivity index (χ1) is 23.7. The van der Waals surface area contributed by atoms with Gasteiger partial charge in [0, 0.05) is 53.4 Å². The molecule has 13 heteroatoms. The number of aromatic nitrogens is 4. The number of nitrogens with zero attached hydrogens (tertiary/aromatic N) is 4. The monoisotopic (exact) mass is 654 g/mol. The molecule has 0 spiro atoms. The summed E-state index contributed by atoms with van der Waals surface area (Å²) < 4.78 is 12.0. The van der Waals surface area contributed by atoms with Gasteiger partial charge in [0.1, 0.15) is 23.5 Å². The molecule has 13 nitrogen and oxygen atoms in total. The molecule has 0 bridgehead atoms. The molecule has 3 heterocycles. The van der Waals surface area contributed by atoms with E-state index < -0.39 is 0 Å². The van der Waals surface area contributed by atoms with Gasteiger partial charge >= 0.3 is 0 Å². The maximum absolute atomic E-state index is 13.3. The summed E-state index contributed by atoms with van der Waals surface area (Å²) in [6.07, 6.45) is 1.50. The smallest absolute Gasteiger partial charge is 0.251 e. The zero-order chi connectivity index (χ0) is 34.1. The molecular weight excluding hydrogens is 624 g/mol. The molecule has 1 aliphatic heterocycles. The summed E-state index contributed by atoms with van der Waals surface area (Å²) in [5.41, 5.74) is 18.9. The number of H-pyrrole nitrogens is 1. The maximum atomic E-state index is 13.3. The topological polar surface area (TPSA) is 208 Å². The first-order valence-electron chi connectivity index (χ1n) is 15.3. The summed E-state index contributed by atoms with van der Waals surface area (Å²) in [5.74, 6) is 0.257. The lowest BCUT2D eigenvalue weighted by atomic mass is 9.90. The van der Waals surface area contributed by atoms with Gasteiger partial charge < -0.3 is 36.0 Å². The van der Waals surface area contributed by atoms with Crippen molar-refractivity contribution in [3.8, 4) is 28.3 Å². The molecule has 2 aromatic heterocycles. The highest BCUT2D eigenvalue weighted by atomic mass is 16.5. The van der Waals surface area contributed by atoms with Crippen molar-refractivity contribution in [2.75, 3.05) is 11.5 Å². The van der Waals surface area contributed by atoms with Gasteiger partial charge in [-0.15, -0.1) is 0 Å². The van der Waals surface area contributed by atoms with Crippen LogP contribution in [-0.4, -0.2) is 36.9 Å². The number of nitrogens with one attached hydrogen (secondary N) is 2. The second-order valence-electron chi connectivity index (χ2n) is 11.3. The molecule has 0 saturated carbocycles. The average molecular weight is 655 g/mol. The standard InChI is InChI=1S/C36H30N8O5/c1-19(46)42-25-8-11-28-30(14-25)49-29-13-24(37)7-10-27(29)31(28)26-9-6-22(12-23(26)16-45)34(47)39-15-20-2-4-21(5-3-20)17-48-35-32-33(41-18-40-32)43-36(38)44-35/h2-14,18,45H,15-17,37H2,1H3,(H,39,47)(H3,38,40,41,43,44). The van der Waals surface area contributed by atoms with E-state index in [1.807, 2.05) is 42.5 Å². The van der Waals surface area contributed by atoms with Crippen molar-refractivity contribution in [2.45, 2.75) is 26.7 Å². The fourth-order valence-electron chi connectivity index (χ4n) is 5.66. The van der Waals surface area contributed by atoms with Crippen LogP contribution in [-0.2, 0) is 24.6 Å². The molecule has 0 unspecified atom stereocenters. The Labute approximate surface area is 278 Å². The van der Waals surface area contributed by atoms with Gasteiger partial charge in [0.2, 0.25) is 17.7 Å². The van der Waals surface area contributed by atoms with Gasteiger partial charge in [-0.05, 0) is 58.7 Å². The molecule has 0 radical (unpaired) electrons. The third-order valence-electron chi connectivity index (χ3n) is 7.94. The molecule has 244 valence electrons. The van der Waals surface area contributed by atoms with Crippen molar-refractivity contribution in [1.82, 2.24) is 25.3 Å². The number of ether oxygens (including phenoxy) is 1. The molecule has 7 N–H and O–H groups in total. The number of aliphatic hydroxyl groups is 1. The highest BCUT2D eigenvalue weighted by Crippen LogP contribution is 2.41. The van der Waals surface area contributed by atoms with Gasteiger partial charge in [-0.3, -0.25) is 9.59 Å². The molecule has 2 amide bonds. The predicted molar refractivity (Wildman–Crippen MR) is 183 cm³/mol. The van der Waals surface area contributed by atoms with Crippen molar-refractivity contribution >= 4 is 45.6 Å². The number of nitrogen functional groups attached to an aromatic ring is 2. The number of carbonyl (C=O) groups is 2. The van der Waals surface area contributed by atoms with Gasteiger partial charge in [0.05, 0.1) is 18.3 Å². The van der Waals surface area contributed by atoms with Gasteiger partial charge in [0.15, 0.2) is 5.65 Å². The molecule has 0 fully saturated rings. The van der Waals surface area contributed by atoms with Crippen molar-refractivity contribution in [1.29, 1.82) is 0 Å². The van der Waals surface area contributed by atoms with Crippen LogP contribution in [0.1, 0.15) is 34.0 Å². The van der Waals surface area contributed by atoms with Crippen LogP contribution in [0.2, 0.25) is 0 Å². The van der Waals surface area contributed by atoms with Gasteiger partial charge in [-0.25, -0.2) is 9.98 Å². The highest BCUT2D eigenvalue weighted by Gasteiger charge is 2.20. The summed E-state index contributed by atoms with van der Waals surface area (Å²) in [4.78, 5) is 44.1. The molecule has 0 saturated heterocycles. The molecular formula is C36H30N8O5. The van der Waals surface area contributed by atoms with E-state index in [1.54, 1.807) is 36.4 Å². The van der Waals surface area contributed by atoms with E-state index in [-0.39, 0.29) is 37.5 Å². The normalized spacial score (nSPS) is 11.8. The minimum Gasteiger partial charge on any atom is -0.471 e. The van der Waals surface area contributed by atoms with Crippen LogP contribution < -0.4 is 26.9 Å². The number of benzene rings is 4. The summed E-state index contributed by atoms with van der Waals surface area (Å²) in [7, 11) is 0. The van der Waals surface area contributed by atoms with Crippen LogP contribution in [0.3, 0.4) is 0 Å². The van der Waals surface area contributed by atoms with Crippen LogP contribution in [0.15, 0.2) is 94.6 Å². The number of aromatic amines is 1. The SMILES string of the molecule is CC(=O)N=c1ccc2c(-c3ccc(C(=O)NCc4ccc(COc5nc(N)nc6nc[nH]c56)cc4)cc3CO)c3ccc(N)cc3oc-2c1.